The summed E-state index contributed by atoms with van der Waals surface area (Å²) in [6.45, 7) is 3.68. The van der Waals surface area contributed by atoms with Crippen LogP contribution < -0.4 is 5.32 Å². The Balaban J connectivity index is 1.47. The third-order valence-electron chi connectivity index (χ3n) is 6.02. The Morgan fingerprint density at radius 1 is 1.14 bits per heavy atom. The highest BCUT2D eigenvalue weighted by atomic mass is 32.2. The molecule has 114 valence electrons. The number of hydrogen-bond donors (Lipinski definition) is 1. The minimum absolute atomic E-state index is 0.499. The van der Waals surface area contributed by atoms with E-state index in [1.165, 1.54) is 50.8 Å². The molecule has 3 atom stereocenters. The summed E-state index contributed by atoms with van der Waals surface area (Å²) >= 11 is 2.19. The van der Waals surface area contributed by atoms with Crippen LogP contribution in [-0.2, 0) is 12.8 Å². The predicted octanol–water partition coefficient (Wildman–Crippen LogP) is 4.06. The predicted molar refractivity (Wildman–Crippen MR) is 92.0 cm³/mol. The van der Waals surface area contributed by atoms with E-state index in [-0.39, 0.29) is 0 Å². The van der Waals surface area contributed by atoms with E-state index in [2.05, 4.69) is 48.3 Å². The Hall–Kier alpha value is -0.470. The topological polar surface area (TPSA) is 12.0 Å². The average molecular weight is 301 g/mol. The molecule has 1 aromatic carbocycles. The lowest BCUT2D eigenvalue weighted by Gasteiger charge is -2.30. The first kappa shape index (κ1) is 14.1. The van der Waals surface area contributed by atoms with E-state index >= 15 is 0 Å². The fourth-order valence-corrected chi connectivity index (χ4v) is 6.05. The fourth-order valence-electron chi connectivity index (χ4n) is 4.79. The molecule has 1 saturated heterocycles. The molecule has 0 amide bonds. The van der Waals surface area contributed by atoms with Crippen LogP contribution in [0.1, 0.15) is 43.7 Å². The molecule has 1 saturated carbocycles. The summed E-state index contributed by atoms with van der Waals surface area (Å²) in [6, 6.07) is 9.92. The van der Waals surface area contributed by atoms with Crippen molar-refractivity contribution in [2.45, 2.75) is 56.2 Å². The maximum absolute atomic E-state index is 4.02. The molecule has 2 fully saturated rings. The maximum atomic E-state index is 4.02. The summed E-state index contributed by atoms with van der Waals surface area (Å²) in [7, 11) is 0. The molecule has 0 radical (unpaired) electrons. The minimum atomic E-state index is 0.499. The molecule has 3 unspecified atom stereocenters. The van der Waals surface area contributed by atoms with Gasteiger partial charge < -0.3 is 5.32 Å². The number of rotatable bonds is 3. The van der Waals surface area contributed by atoms with Gasteiger partial charge >= 0.3 is 0 Å². The van der Waals surface area contributed by atoms with Crippen molar-refractivity contribution in [2.75, 3.05) is 12.3 Å². The Kier molecular flexibility index (Phi) is 3.79. The zero-order valence-electron chi connectivity index (χ0n) is 13.1. The van der Waals surface area contributed by atoms with E-state index in [0.717, 1.165) is 17.9 Å². The molecule has 1 aliphatic heterocycles. The Bertz CT molecular complexity index is 473. The van der Waals surface area contributed by atoms with Crippen LogP contribution in [0, 0.1) is 11.8 Å². The van der Waals surface area contributed by atoms with Crippen LogP contribution in [0.5, 0.6) is 0 Å². The number of benzene rings is 1. The molecule has 1 aromatic rings. The van der Waals surface area contributed by atoms with Crippen LogP contribution in [-0.4, -0.2) is 23.1 Å². The molecule has 0 spiro atoms. The van der Waals surface area contributed by atoms with Crippen molar-refractivity contribution < 1.29 is 0 Å². The van der Waals surface area contributed by atoms with Gasteiger partial charge in [-0.05, 0) is 74.2 Å². The number of fused-ring (bicyclic) bond motifs is 3. The number of nitrogens with one attached hydrogen (secondary N) is 1. The zero-order valence-corrected chi connectivity index (χ0v) is 13.9. The Labute approximate surface area is 133 Å². The molecule has 2 bridgehead atoms. The van der Waals surface area contributed by atoms with Gasteiger partial charge in [-0.3, -0.25) is 0 Å². The summed E-state index contributed by atoms with van der Waals surface area (Å²) in [4.78, 5) is 0. The van der Waals surface area contributed by atoms with E-state index in [1.54, 1.807) is 11.1 Å². The van der Waals surface area contributed by atoms with Gasteiger partial charge in [-0.15, -0.1) is 0 Å². The lowest BCUT2D eigenvalue weighted by Crippen LogP contribution is -2.44. The third kappa shape index (κ3) is 2.77. The van der Waals surface area contributed by atoms with Gasteiger partial charge in [0.2, 0.25) is 0 Å². The number of thioether (sulfide) groups is 1. The van der Waals surface area contributed by atoms with Gasteiger partial charge in [0.05, 0.1) is 0 Å². The van der Waals surface area contributed by atoms with E-state index in [4.69, 9.17) is 0 Å². The largest absolute Gasteiger partial charge is 0.312 e. The van der Waals surface area contributed by atoms with Gasteiger partial charge in [0.25, 0.3) is 0 Å². The molecule has 4 rings (SSSR count). The van der Waals surface area contributed by atoms with Crippen LogP contribution in [0.4, 0.5) is 0 Å². The quantitative estimate of drug-likeness (QED) is 0.904. The first-order valence-electron chi connectivity index (χ1n) is 8.68. The highest BCUT2D eigenvalue weighted by Gasteiger charge is 2.40. The van der Waals surface area contributed by atoms with E-state index in [0.29, 0.717) is 4.75 Å². The zero-order chi connectivity index (χ0) is 14.3. The van der Waals surface area contributed by atoms with E-state index in [1.807, 2.05) is 0 Å². The monoisotopic (exact) mass is 301 g/mol. The van der Waals surface area contributed by atoms with Crippen LogP contribution in [0.15, 0.2) is 24.3 Å². The molecule has 1 heterocycles. The highest BCUT2D eigenvalue weighted by molar-refractivity contribution is 8.00. The standard InChI is InChI=1S/C19H27NS/c1-19(9-4-10-21-19)13-20-18-16-7-8-17(18)12-15-6-3-2-5-14(15)11-16/h2-3,5-6,16-18,20H,4,7-13H2,1H3. The summed E-state index contributed by atoms with van der Waals surface area (Å²) < 4.78 is 0.499. The second-order valence-corrected chi connectivity index (χ2v) is 9.27. The van der Waals surface area contributed by atoms with Gasteiger partial charge in [0, 0.05) is 17.3 Å². The van der Waals surface area contributed by atoms with Crippen molar-refractivity contribution in [3.63, 3.8) is 0 Å². The minimum Gasteiger partial charge on any atom is -0.312 e. The van der Waals surface area contributed by atoms with Crippen molar-refractivity contribution in [1.82, 2.24) is 5.32 Å². The van der Waals surface area contributed by atoms with Crippen molar-refractivity contribution in [3.05, 3.63) is 35.4 Å². The van der Waals surface area contributed by atoms with Crippen molar-refractivity contribution in [1.29, 1.82) is 0 Å². The molecular weight excluding hydrogens is 274 g/mol. The van der Waals surface area contributed by atoms with E-state index in [9.17, 15) is 0 Å². The molecule has 0 aromatic heterocycles. The van der Waals surface area contributed by atoms with Crippen LogP contribution in [0.25, 0.3) is 0 Å². The molecule has 21 heavy (non-hydrogen) atoms. The summed E-state index contributed by atoms with van der Waals surface area (Å²) in [6.07, 6.45) is 8.27. The molecule has 1 N–H and O–H groups in total. The molecule has 2 aliphatic carbocycles. The van der Waals surface area contributed by atoms with Crippen molar-refractivity contribution in [3.8, 4) is 0 Å². The first-order valence-corrected chi connectivity index (χ1v) is 9.66. The van der Waals surface area contributed by atoms with Crippen LogP contribution in [0.3, 0.4) is 0 Å². The Morgan fingerprint density at radius 3 is 2.38 bits per heavy atom. The van der Waals surface area contributed by atoms with Crippen LogP contribution in [0.2, 0.25) is 0 Å². The van der Waals surface area contributed by atoms with Gasteiger partial charge in [0.15, 0.2) is 0 Å². The number of hydrogen-bond acceptors (Lipinski definition) is 2. The van der Waals surface area contributed by atoms with E-state index < -0.39 is 0 Å². The van der Waals surface area contributed by atoms with Crippen molar-refractivity contribution in [2.24, 2.45) is 11.8 Å². The second-order valence-electron chi connectivity index (χ2n) is 7.58. The fraction of sp³-hybridized carbons (Fsp3) is 0.684. The van der Waals surface area contributed by atoms with Gasteiger partial charge in [0.1, 0.15) is 0 Å². The first-order chi connectivity index (χ1) is 10.2. The lowest BCUT2D eigenvalue weighted by atomic mass is 9.94. The lowest BCUT2D eigenvalue weighted by molar-refractivity contribution is 0.329. The van der Waals surface area contributed by atoms with Gasteiger partial charge in [-0.2, -0.15) is 11.8 Å². The van der Waals surface area contributed by atoms with Gasteiger partial charge in [-0.1, -0.05) is 24.3 Å². The second kappa shape index (κ2) is 5.62. The normalized spacial score (nSPS) is 38.2. The summed E-state index contributed by atoms with van der Waals surface area (Å²) in [5.74, 6) is 3.10. The molecule has 3 aliphatic rings. The maximum Gasteiger partial charge on any atom is 0.0256 e. The Morgan fingerprint density at radius 2 is 1.81 bits per heavy atom. The summed E-state index contributed by atoms with van der Waals surface area (Å²) in [5, 5.41) is 4.02. The molecule has 1 nitrogen and oxygen atoms in total. The molecule has 2 heteroatoms. The smallest absolute Gasteiger partial charge is 0.0256 e. The van der Waals surface area contributed by atoms with Crippen LogP contribution >= 0.6 is 11.8 Å². The third-order valence-corrected chi connectivity index (χ3v) is 7.56. The van der Waals surface area contributed by atoms with Gasteiger partial charge in [-0.25, -0.2) is 0 Å². The SMILES string of the molecule is CC1(CNC2C3CCC2Cc2ccccc2C3)CCCS1. The highest BCUT2D eigenvalue weighted by Crippen LogP contribution is 2.42. The van der Waals surface area contributed by atoms with Crippen molar-refractivity contribution >= 4 is 11.8 Å². The summed E-state index contributed by atoms with van der Waals surface area (Å²) in [5.41, 5.74) is 3.25. The average Bonchev–Trinajstić information content (AvgIpc) is 3.01. The molecular formula is C19H27NS.